The third-order valence-corrected chi connectivity index (χ3v) is 7.94. The van der Waals surface area contributed by atoms with E-state index in [2.05, 4.69) is 126 Å². The number of nitrogens with zero attached hydrogens (tertiary/aromatic N) is 2. The van der Waals surface area contributed by atoms with E-state index in [1.807, 2.05) is 0 Å². The van der Waals surface area contributed by atoms with Crippen LogP contribution in [0.1, 0.15) is 53.1 Å². The summed E-state index contributed by atoms with van der Waals surface area (Å²) >= 11 is 0. The lowest BCUT2D eigenvalue weighted by atomic mass is 9.92. The Morgan fingerprint density at radius 3 is 2.03 bits per heavy atom. The number of hydrogen-bond acceptors (Lipinski definition) is 1. The Kier molecular flexibility index (Phi) is 5.45. The smallest absolute Gasteiger partial charge is 0.145 e. The summed E-state index contributed by atoms with van der Waals surface area (Å²) in [6, 6.07) is 24.8. The average Bonchev–Trinajstić information content (AvgIpc) is 3.28. The van der Waals surface area contributed by atoms with E-state index in [4.69, 9.17) is 4.98 Å². The molecule has 0 saturated carbocycles. The summed E-state index contributed by atoms with van der Waals surface area (Å²) in [5.41, 5.74) is 15.1. The molecule has 0 atom stereocenters. The number of aromatic nitrogens is 2. The molecular formula is C35H34N2. The van der Waals surface area contributed by atoms with Crippen molar-refractivity contribution in [2.75, 3.05) is 0 Å². The Morgan fingerprint density at radius 1 is 0.676 bits per heavy atom. The molecule has 0 unspecified atom stereocenters. The molecular weight excluding hydrogens is 448 g/mol. The fourth-order valence-corrected chi connectivity index (χ4v) is 6.43. The first-order valence-corrected chi connectivity index (χ1v) is 13.3. The van der Waals surface area contributed by atoms with Gasteiger partial charge in [-0.15, -0.1) is 0 Å². The minimum atomic E-state index is 0.404. The van der Waals surface area contributed by atoms with E-state index in [-0.39, 0.29) is 0 Å². The molecule has 0 bridgehead atoms. The van der Waals surface area contributed by atoms with Gasteiger partial charge in [0, 0.05) is 16.3 Å². The predicted octanol–water partition coefficient (Wildman–Crippen LogP) is 9.64. The van der Waals surface area contributed by atoms with E-state index in [0.717, 1.165) is 11.3 Å². The first-order valence-electron chi connectivity index (χ1n) is 13.3. The Morgan fingerprint density at radius 2 is 1.35 bits per heavy atom. The minimum Gasteiger partial charge on any atom is -0.292 e. The molecule has 2 heterocycles. The van der Waals surface area contributed by atoms with Gasteiger partial charge in [-0.1, -0.05) is 80.1 Å². The van der Waals surface area contributed by atoms with Gasteiger partial charge in [0.15, 0.2) is 0 Å². The molecule has 37 heavy (non-hydrogen) atoms. The zero-order valence-electron chi connectivity index (χ0n) is 22.9. The third kappa shape index (κ3) is 3.58. The van der Waals surface area contributed by atoms with Gasteiger partial charge in [0.1, 0.15) is 5.65 Å². The summed E-state index contributed by atoms with van der Waals surface area (Å²) in [7, 11) is 0. The third-order valence-electron chi connectivity index (χ3n) is 7.94. The van der Waals surface area contributed by atoms with Crippen molar-refractivity contribution in [2.24, 2.45) is 0 Å². The standard InChI is InChI=1S/C35H34N2/c1-20(2)27-12-9-13-29-28-15-14-26(32-22(4)10-8-11-23(32)5)18-30(28)37-31(19-36-35(37)34(27)29)33-24(6)16-21(3)17-25(33)7/h8-20H,1-7H3. The molecule has 0 aliphatic heterocycles. The first-order chi connectivity index (χ1) is 17.8. The monoisotopic (exact) mass is 482 g/mol. The van der Waals surface area contributed by atoms with Crippen molar-refractivity contribution in [3.8, 4) is 22.4 Å². The summed E-state index contributed by atoms with van der Waals surface area (Å²) in [5.74, 6) is 0.404. The number of fused-ring (bicyclic) bond motifs is 6. The highest BCUT2D eigenvalue weighted by atomic mass is 15.0. The van der Waals surface area contributed by atoms with Crippen LogP contribution in [-0.4, -0.2) is 9.38 Å². The highest BCUT2D eigenvalue weighted by Gasteiger charge is 2.20. The van der Waals surface area contributed by atoms with Gasteiger partial charge < -0.3 is 0 Å². The molecule has 6 aromatic rings. The second-order valence-corrected chi connectivity index (χ2v) is 11.0. The van der Waals surface area contributed by atoms with Crippen molar-refractivity contribution in [1.82, 2.24) is 9.38 Å². The number of rotatable bonds is 3. The molecule has 0 N–H and O–H groups in total. The van der Waals surface area contributed by atoms with Crippen LogP contribution in [0.25, 0.3) is 49.7 Å². The highest BCUT2D eigenvalue weighted by molar-refractivity contribution is 6.14. The van der Waals surface area contributed by atoms with Crippen LogP contribution < -0.4 is 0 Å². The largest absolute Gasteiger partial charge is 0.292 e. The van der Waals surface area contributed by atoms with Gasteiger partial charge in [-0.2, -0.15) is 0 Å². The molecule has 184 valence electrons. The fraction of sp³-hybridized carbons (Fsp3) is 0.229. The molecule has 0 aliphatic rings. The topological polar surface area (TPSA) is 17.3 Å². The maximum Gasteiger partial charge on any atom is 0.145 e. The van der Waals surface area contributed by atoms with Crippen molar-refractivity contribution in [1.29, 1.82) is 0 Å². The van der Waals surface area contributed by atoms with E-state index in [9.17, 15) is 0 Å². The lowest BCUT2D eigenvalue weighted by molar-refractivity contribution is 0.876. The number of hydrogen-bond donors (Lipinski definition) is 0. The Labute approximate surface area is 219 Å². The molecule has 0 radical (unpaired) electrons. The first kappa shape index (κ1) is 23.5. The fourth-order valence-electron chi connectivity index (χ4n) is 6.43. The summed E-state index contributed by atoms with van der Waals surface area (Å²) in [6.07, 6.45) is 2.08. The summed E-state index contributed by atoms with van der Waals surface area (Å²) in [5, 5.41) is 3.80. The maximum atomic E-state index is 5.12. The Bertz CT molecular complexity index is 1810. The van der Waals surface area contributed by atoms with Gasteiger partial charge in [0.25, 0.3) is 0 Å². The van der Waals surface area contributed by atoms with E-state index < -0.39 is 0 Å². The molecule has 2 heteroatoms. The second-order valence-electron chi connectivity index (χ2n) is 11.0. The quantitative estimate of drug-likeness (QED) is 0.229. The van der Waals surface area contributed by atoms with Crippen LogP contribution >= 0.6 is 0 Å². The molecule has 2 nitrogen and oxygen atoms in total. The van der Waals surface area contributed by atoms with Gasteiger partial charge in [0.05, 0.1) is 17.4 Å². The lowest BCUT2D eigenvalue weighted by Crippen LogP contribution is -2.00. The van der Waals surface area contributed by atoms with Gasteiger partial charge in [-0.25, -0.2) is 4.98 Å². The summed E-state index contributed by atoms with van der Waals surface area (Å²) in [6.45, 7) is 15.6. The van der Waals surface area contributed by atoms with E-state index in [1.54, 1.807) is 0 Å². The second kappa shape index (κ2) is 8.59. The summed E-state index contributed by atoms with van der Waals surface area (Å²) < 4.78 is 2.42. The van der Waals surface area contributed by atoms with Crippen molar-refractivity contribution >= 4 is 27.3 Å². The molecule has 0 spiro atoms. The zero-order chi connectivity index (χ0) is 26.0. The van der Waals surface area contributed by atoms with Crippen LogP contribution in [0.4, 0.5) is 0 Å². The molecule has 2 aromatic heterocycles. The minimum absolute atomic E-state index is 0.404. The van der Waals surface area contributed by atoms with Crippen molar-refractivity contribution < 1.29 is 0 Å². The number of aryl methyl sites for hydroxylation is 5. The molecule has 0 amide bonds. The van der Waals surface area contributed by atoms with E-state index in [1.165, 1.54) is 71.7 Å². The molecule has 0 fully saturated rings. The van der Waals surface area contributed by atoms with Crippen LogP contribution in [-0.2, 0) is 0 Å². The summed E-state index contributed by atoms with van der Waals surface area (Å²) in [4.78, 5) is 5.12. The van der Waals surface area contributed by atoms with Crippen molar-refractivity contribution in [3.63, 3.8) is 0 Å². The van der Waals surface area contributed by atoms with Gasteiger partial charge in [0.2, 0.25) is 0 Å². The van der Waals surface area contributed by atoms with Crippen LogP contribution in [0, 0.1) is 34.6 Å². The molecule has 6 rings (SSSR count). The van der Waals surface area contributed by atoms with Crippen LogP contribution in [0.3, 0.4) is 0 Å². The number of imidazole rings is 1. The van der Waals surface area contributed by atoms with Crippen LogP contribution in [0.2, 0.25) is 0 Å². The Hall–Kier alpha value is -3.91. The van der Waals surface area contributed by atoms with Crippen LogP contribution in [0.15, 0.2) is 72.9 Å². The van der Waals surface area contributed by atoms with Crippen LogP contribution in [0.5, 0.6) is 0 Å². The van der Waals surface area contributed by atoms with Gasteiger partial charge in [-0.05, 0) is 90.9 Å². The van der Waals surface area contributed by atoms with E-state index >= 15 is 0 Å². The molecule has 0 aliphatic carbocycles. The SMILES string of the molecule is Cc1cc(C)c(-c2cnc3c4c(C(C)C)cccc4c4ccc(-c5c(C)cccc5C)cc4n23)c(C)c1. The molecule has 4 aromatic carbocycles. The highest BCUT2D eigenvalue weighted by Crippen LogP contribution is 2.40. The zero-order valence-corrected chi connectivity index (χ0v) is 22.9. The number of pyridine rings is 1. The normalized spacial score (nSPS) is 11.9. The Balaban J connectivity index is 1.83. The van der Waals surface area contributed by atoms with Crippen molar-refractivity contribution in [2.45, 2.75) is 54.4 Å². The maximum absolute atomic E-state index is 5.12. The lowest BCUT2D eigenvalue weighted by Gasteiger charge is -2.18. The van der Waals surface area contributed by atoms with Gasteiger partial charge >= 0.3 is 0 Å². The van der Waals surface area contributed by atoms with E-state index in [0.29, 0.717) is 5.92 Å². The van der Waals surface area contributed by atoms with Crippen molar-refractivity contribution in [3.05, 3.63) is 106 Å². The predicted molar refractivity (Wildman–Crippen MR) is 159 cm³/mol. The average molecular weight is 483 g/mol. The number of benzene rings is 4. The van der Waals surface area contributed by atoms with Gasteiger partial charge in [-0.3, -0.25) is 4.40 Å². The molecule has 0 saturated heterocycles.